The Hall–Kier alpha value is -3.24. The van der Waals surface area contributed by atoms with Crippen molar-refractivity contribution >= 4 is 47.7 Å². The lowest BCUT2D eigenvalue weighted by Crippen LogP contribution is -3.00. The molecule has 4 heteroatoms. The Kier molecular flexibility index (Phi) is 13.1. The summed E-state index contributed by atoms with van der Waals surface area (Å²) in [5.74, 6) is 0. The summed E-state index contributed by atoms with van der Waals surface area (Å²) < 4.78 is 0. The van der Waals surface area contributed by atoms with Crippen molar-refractivity contribution in [1.82, 2.24) is 0 Å². The first-order valence-electron chi connectivity index (χ1n) is 12.8. The summed E-state index contributed by atoms with van der Waals surface area (Å²) >= 11 is 0. The van der Waals surface area contributed by atoms with Gasteiger partial charge in [0.15, 0.2) is 0 Å². The molecule has 0 bridgehead atoms. The van der Waals surface area contributed by atoms with E-state index < -0.39 is 15.8 Å². The van der Waals surface area contributed by atoms with Crippen LogP contribution in [-0.2, 0) is 0 Å². The van der Waals surface area contributed by atoms with Crippen LogP contribution in [0.15, 0.2) is 182 Å². The highest BCUT2D eigenvalue weighted by atomic mass is 35.5. The van der Waals surface area contributed by atoms with Crippen LogP contribution in [0.1, 0.15) is 0 Å². The van der Waals surface area contributed by atoms with Crippen LogP contribution in [0.3, 0.4) is 0 Å². The predicted molar refractivity (Wildman–Crippen MR) is 170 cm³/mol. The molecule has 0 aromatic heterocycles. The van der Waals surface area contributed by atoms with Gasteiger partial charge in [-0.25, -0.2) is 0 Å². The van der Waals surface area contributed by atoms with Gasteiger partial charge in [-0.3, -0.25) is 0 Å². The van der Waals surface area contributed by atoms with Crippen molar-refractivity contribution in [2.75, 3.05) is 0 Å². The van der Waals surface area contributed by atoms with Gasteiger partial charge in [-0.2, -0.15) is 0 Å². The first kappa shape index (κ1) is 31.3. The fourth-order valence-corrected chi connectivity index (χ4v) is 8.97. The van der Waals surface area contributed by atoms with Gasteiger partial charge in [0.1, 0.15) is 0 Å². The molecule has 6 aromatic carbocycles. The second-order valence-corrected chi connectivity index (χ2v) is 13.1. The molecule has 0 saturated carbocycles. The molecule has 6 rings (SSSR count). The average molecular weight is 595 g/mol. The Morgan fingerprint density at radius 1 is 0.200 bits per heavy atom. The summed E-state index contributed by atoms with van der Waals surface area (Å²) in [6.45, 7) is 0. The predicted octanol–water partition coefficient (Wildman–Crippen LogP) is 0.898. The summed E-state index contributed by atoms with van der Waals surface area (Å²) in [6.07, 6.45) is 0. The third-order valence-electron chi connectivity index (χ3n) is 6.09. The van der Waals surface area contributed by atoms with Crippen LogP contribution in [0.4, 0.5) is 0 Å². The maximum Gasteiger partial charge on any atom is -0.0134 e. The van der Waals surface area contributed by atoms with Crippen LogP contribution >= 0.6 is 15.8 Å². The average Bonchev–Trinajstić information content (AvgIpc) is 3.01. The van der Waals surface area contributed by atoms with Gasteiger partial charge in [0.05, 0.1) is 0 Å². The van der Waals surface area contributed by atoms with E-state index in [0.717, 1.165) is 0 Å². The molecular formula is C36H30Cl2P2-2. The number of benzene rings is 6. The lowest BCUT2D eigenvalue weighted by atomic mass is 10.4. The third kappa shape index (κ3) is 8.38. The van der Waals surface area contributed by atoms with Crippen molar-refractivity contribution in [2.45, 2.75) is 0 Å². The molecule has 0 unspecified atom stereocenters. The van der Waals surface area contributed by atoms with Gasteiger partial charge < -0.3 is 24.8 Å². The lowest BCUT2D eigenvalue weighted by Gasteiger charge is -2.18. The maximum atomic E-state index is 2.23. The third-order valence-corrected chi connectivity index (χ3v) is 11.0. The van der Waals surface area contributed by atoms with Crippen LogP contribution in [0, 0.1) is 0 Å². The molecule has 0 fully saturated rings. The zero-order chi connectivity index (χ0) is 25.8. The van der Waals surface area contributed by atoms with E-state index in [2.05, 4.69) is 182 Å². The molecule has 0 saturated heterocycles. The van der Waals surface area contributed by atoms with Crippen molar-refractivity contribution in [1.29, 1.82) is 0 Å². The minimum atomic E-state index is -0.446. The van der Waals surface area contributed by atoms with Crippen molar-refractivity contribution in [3.05, 3.63) is 182 Å². The largest absolute Gasteiger partial charge is 1.00 e. The highest BCUT2D eigenvalue weighted by Crippen LogP contribution is 2.33. The Balaban J connectivity index is 0.000000210. The second kappa shape index (κ2) is 16.8. The summed E-state index contributed by atoms with van der Waals surface area (Å²) in [6, 6.07) is 64.7. The molecule has 0 atom stereocenters. The molecule has 0 aliphatic heterocycles. The molecule has 0 aliphatic rings. The molecule has 0 spiro atoms. The fraction of sp³-hybridized carbons (Fsp3) is 0. The fourth-order valence-electron chi connectivity index (χ4n) is 4.36. The van der Waals surface area contributed by atoms with Gasteiger partial charge in [-0.15, -0.1) is 0 Å². The van der Waals surface area contributed by atoms with Gasteiger partial charge in [0.25, 0.3) is 0 Å². The summed E-state index contributed by atoms with van der Waals surface area (Å²) in [7, 11) is -0.892. The van der Waals surface area contributed by atoms with E-state index in [0.29, 0.717) is 0 Å². The van der Waals surface area contributed by atoms with Crippen LogP contribution in [0.25, 0.3) is 0 Å². The molecule has 0 aliphatic carbocycles. The van der Waals surface area contributed by atoms with Gasteiger partial charge in [0, 0.05) is 0 Å². The molecule has 0 heterocycles. The van der Waals surface area contributed by atoms with E-state index >= 15 is 0 Å². The van der Waals surface area contributed by atoms with Crippen molar-refractivity contribution in [3.8, 4) is 0 Å². The van der Waals surface area contributed by atoms with Gasteiger partial charge in [0.2, 0.25) is 0 Å². The number of hydrogen-bond acceptors (Lipinski definition) is 0. The smallest absolute Gasteiger partial charge is 0.0134 e. The zero-order valence-electron chi connectivity index (χ0n) is 22.0. The normalized spacial score (nSPS) is 10.1. The zero-order valence-corrected chi connectivity index (χ0v) is 25.3. The minimum Gasteiger partial charge on any atom is -1.00 e. The number of hydrogen-bond donors (Lipinski definition) is 0. The van der Waals surface area contributed by atoms with E-state index in [1.807, 2.05) is 0 Å². The van der Waals surface area contributed by atoms with Gasteiger partial charge >= 0.3 is 0 Å². The molecule has 40 heavy (non-hydrogen) atoms. The number of rotatable bonds is 6. The Morgan fingerprint density at radius 2 is 0.325 bits per heavy atom. The first-order valence-corrected chi connectivity index (χ1v) is 15.5. The highest BCUT2D eigenvalue weighted by molar-refractivity contribution is 7.80. The summed E-state index contributed by atoms with van der Waals surface area (Å²) in [4.78, 5) is 0. The first-order chi connectivity index (χ1) is 18.9. The molecule has 200 valence electrons. The summed E-state index contributed by atoms with van der Waals surface area (Å²) in [5.41, 5.74) is 0. The standard InChI is InChI=1S/2C18H15P.2ClH/c2*1-4-10-16(11-5-1)19(17-12-6-2-7-13-17)18-14-8-3-9-15-18;;/h2*1-15H;2*1H/p-2. The second-order valence-electron chi connectivity index (χ2n) is 8.68. The van der Waals surface area contributed by atoms with E-state index in [1.54, 1.807) is 0 Å². The minimum absolute atomic E-state index is 0. The quantitative estimate of drug-likeness (QED) is 0.251. The SMILES string of the molecule is [Cl-].[Cl-].c1ccc(P(c2ccccc2)c2ccccc2)cc1.c1ccc(P(c2ccccc2)c2ccccc2)cc1. The Bertz CT molecular complexity index is 1180. The van der Waals surface area contributed by atoms with Crippen molar-refractivity contribution < 1.29 is 24.8 Å². The maximum absolute atomic E-state index is 2.23. The van der Waals surface area contributed by atoms with Gasteiger partial charge in [-0.1, -0.05) is 182 Å². The molecule has 0 N–H and O–H groups in total. The number of halogens is 2. The lowest BCUT2D eigenvalue weighted by molar-refractivity contribution is -0.00100. The summed E-state index contributed by atoms with van der Waals surface area (Å²) in [5, 5.41) is 8.39. The van der Waals surface area contributed by atoms with E-state index in [4.69, 9.17) is 0 Å². The monoisotopic (exact) mass is 594 g/mol. The van der Waals surface area contributed by atoms with E-state index in [1.165, 1.54) is 31.8 Å². The van der Waals surface area contributed by atoms with E-state index in [9.17, 15) is 0 Å². The Morgan fingerprint density at radius 3 is 0.450 bits per heavy atom. The molecule has 0 nitrogen and oxygen atoms in total. The molecule has 6 aromatic rings. The Labute approximate surface area is 253 Å². The van der Waals surface area contributed by atoms with Crippen LogP contribution in [0.5, 0.6) is 0 Å². The molecule has 0 amide bonds. The molecule has 0 radical (unpaired) electrons. The highest BCUT2D eigenvalue weighted by Gasteiger charge is 2.16. The van der Waals surface area contributed by atoms with Crippen molar-refractivity contribution in [3.63, 3.8) is 0 Å². The van der Waals surface area contributed by atoms with Gasteiger partial charge in [-0.05, 0) is 47.7 Å². The topological polar surface area (TPSA) is 0 Å². The van der Waals surface area contributed by atoms with Crippen LogP contribution in [-0.4, -0.2) is 0 Å². The van der Waals surface area contributed by atoms with Crippen molar-refractivity contribution in [2.24, 2.45) is 0 Å². The van der Waals surface area contributed by atoms with Crippen LogP contribution < -0.4 is 56.6 Å². The molecular weight excluding hydrogens is 565 g/mol. The van der Waals surface area contributed by atoms with Crippen LogP contribution in [0.2, 0.25) is 0 Å². The van der Waals surface area contributed by atoms with E-state index in [-0.39, 0.29) is 24.8 Å².